The lowest BCUT2D eigenvalue weighted by Crippen LogP contribution is -2.49. The van der Waals surface area contributed by atoms with Crippen molar-refractivity contribution in [1.29, 1.82) is 0 Å². The number of carboxylic acid groups (broad SMARTS) is 1. The highest BCUT2D eigenvalue weighted by atomic mass is 16.4. The Balaban J connectivity index is 2.56. The molecule has 1 aliphatic rings. The van der Waals surface area contributed by atoms with Gasteiger partial charge in [-0.2, -0.15) is 0 Å². The van der Waals surface area contributed by atoms with E-state index in [9.17, 15) is 9.90 Å². The number of carboxylic acids is 1. The van der Waals surface area contributed by atoms with Crippen LogP contribution in [-0.4, -0.2) is 36.4 Å². The van der Waals surface area contributed by atoms with Crippen LogP contribution < -0.4 is 21.7 Å². The molecule has 0 saturated carbocycles. The number of hydrogen-bond acceptors (Lipinski definition) is 5. The van der Waals surface area contributed by atoms with Crippen molar-refractivity contribution in [2.24, 2.45) is 11.7 Å². The second-order valence-electron chi connectivity index (χ2n) is 4.58. The van der Waals surface area contributed by atoms with Crippen LogP contribution in [0.25, 0.3) is 0 Å². The van der Waals surface area contributed by atoms with Crippen LogP contribution in [0.15, 0.2) is 11.9 Å². The van der Waals surface area contributed by atoms with Gasteiger partial charge in [0.05, 0.1) is 6.67 Å². The molecule has 1 heterocycles. The number of rotatable bonds is 7. The molecular weight excluding hydrogens is 220 g/mol. The second-order valence-corrected chi connectivity index (χ2v) is 4.58. The van der Waals surface area contributed by atoms with E-state index >= 15 is 0 Å². The minimum atomic E-state index is -0.848. The molecule has 6 N–H and O–H groups in total. The molecular formula is C11H22N4O2. The van der Waals surface area contributed by atoms with Gasteiger partial charge in [0.1, 0.15) is 6.04 Å². The van der Waals surface area contributed by atoms with Gasteiger partial charge in [-0.3, -0.25) is 10.1 Å². The summed E-state index contributed by atoms with van der Waals surface area (Å²) in [4.78, 5) is 11.2. The topological polar surface area (TPSA) is 99.4 Å². The Labute approximate surface area is 102 Å². The Morgan fingerprint density at radius 1 is 1.65 bits per heavy atom. The largest absolute Gasteiger partial charge is 0.480 e. The summed E-state index contributed by atoms with van der Waals surface area (Å²) < 4.78 is 0. The third kappa shape index (κ3) is 4.24. The smallest absolute Gasteiger partial charge is 0.321 e. The normalized spacial score (nSPS) is 18.2. The maximum atomic E-state index is 11.2. The fourth-order valence-corrected chi connectivity index (χ4v) is 1.75. The van der Waals surface area contributed by atoms with E-state index in [0.29, 0.717) is 25.6 Å². The van der Waals surface area contributed by atoms with E-state index < -0.39 is 12.0 Å². The Morgan fingerprint density at radius 2 is 2.35 bits per heavy atom. The maximum absolute atomic E-state index is 11.2. The Morgan fingerprint density at radius 3 is 2.76 bits per heavy atom. The summed E-state index contributed by atoms with van der Waals surface area (Å²) in [6.07, 6.45) is 2.25. The SMILES string of the molecule is CC(C)C(CN)N[C@@H](CC1=CNCN1)C(=O)O. The lowest BCUT2D eigenvalue weighted by Gasteiger charge is -2.25. The number of carbonyl (C=O) groups is 1. The van der Waals surface area contributed by atoms with Gasteiger partial charge in [0.25, 0.3) is 0 Å². The first kappa shape index (κ1) is 13.8. The highest BCUT2D eigenvalue weighted by Crippen LogP contribution is 2.08. The molecule has 6 heteroatoms. The van der Waals surface area contributed by atoms with Gasteiger partial charge in [-0.1, -0.05) is 13.8 Å². The summed E-state index contributed by atoms with van der Waals surface area (Å²) in [5.41, 5.74) is 6.54. The highest BCUT2D eigenvalue weighted by Gasteiger charge is 2.24. The molecule has 1 unspecified atom stereocenters. The molecule has 0 aliphatic carbocycles. The number of aliphatic carboxylic acids is 1. The van der Waals surface area contributed by atoms with Crippen LogP contribution in [0.2, 0.25) is 0 Å². The van der Waals surface area contributed by atoms with Crippen molar-refractivity contribution in [2.75, 3.05) is 13.2 Å². The number of hydrogen-bond donors (Lipinski definition) is 5. The highest BCUT2D eigenvalue weighted by molar-refractivity contribution is 5.74. The minimum absolute atomic E-state index is 0.0195. The van der Waals surface area contributed by atoms with Crippen LogP contribution in [0, 0.1) is 5.92 Å². The van der Waals surface area contributed by atoms with Crippen molar-refractivity contribution in [3.63, 3.8) is 0 Å². The molecule has 1 aliphatic heterocycles. The van der Waals surface area contributed by atoms with E-state index in [-0.39, 0.29) is 6.04 Å². The van der Waals surface area contributed by atoms with Crippen LogP contribution in [0.4, 0.5) is 0 Å². The molecule has 0 saturated heterocycles. The van der Waals surface area contributed by atoms with Gasteiger partial charge in [0.2, 0.25) is 0 Å². The lowest BCUT2D eigenvalue weighted by molar-refractivity contribution is -0.139. The zero-order chi connectivity index (χ0) is 12.8. The van der Waals surface area contributed by atoms with E-state index in [4.69, 9.17) is 5.73 Å². The molecule has 6 nitrogen and oxygen atoms in total. The van der Waals surface area contributed by atoms with Crippen molar-refractivity contribution in [2.45, 2.75) is 32.4 Å². The first-order valence-electron chi connectivity index (χ1n) is 5.89. The average Bonchev–Trinajstić information content (AvgIpc) is 2.75. The van der Waals surface area contributed by atoms with E-state index in [2.05, 4.69) is 16.0 Å². The number of nitrogens with one attached hydrogen (secondary N) is 3. The fraction of sp³-hybridized carbons (Fsp3) is 0.727. The van der Waals surface area contributed by atoms with Crippen molar-refractivity contribution < 1.29 is 9.90 Å². The summed E-state index contributed by atoms with van der Waals surface area (Å²) in [6, 6.07) is -0.587. The molecule has 0 fully saturated rings. The van der Waals surface area contributed by atoms with Gasteiger partial charge in [-0.15, -0.1) is 0 Å². The van der Waals surface area contributed by atoms with E-state index in [1.807, 2.05) is 20.0 Å². The number of nitrogens with two attached hydrogens (primary N) is 1. The van der Waals surface area contributed by atoms with Gasteiger partial charge in [0.15, 0.2) is 0 Å². The summed E-state index contributed by atoms with van der Waals surface area (Å²) in [7, 11) is 0. The predicted octanol–water partition coefficient (Wildman–Crippen LogP) is -0.606. The first-order chi connectivity index (χ1) is 8.04. The third-order valence-electron chi connectivity index (χ3n) is 2.89. The monoisotopic (exact) mass is 242 g/mol. The summed E-state index contributed by atoms with van der Waals surface area (Å²) in [5, 5.41) is 18.3. The van der Waals surface area contributed by atoms with E-state index in [1.54, 1.807) is 0 Å². The molecule has 0 aromatic heterocycles. The van der Waals surface area contributed by atoms with Crippen molar-refractivity contribution in [3.8, 4) is 0 Å². The minimum Gasteiger partial charge on any atom is -0.480 e. The zero-order valence-electron chi connectivity index (χ0n) is 10.4. The molecule has 0 bridgehead atoms. The molecule has 17 heavy (non-hydrogen) atoms. The zero-order valence-corrected chi connectivity index (χ0v) is 10.4. The lowest BCUT2D eigenvalue weighted by atomic mass is 10.0. The van der Waals surface area contributed by atoms with E-state index in [1.165, 1.54) is 0 Å². The van der Waals surface area contributed by atoms with Crippen LogP contribution in [-0.2, 0) is 4.79 Å². The summed E-state index contributed by atoms with van der Waals surface area (Å²) in [6.45, 7) is 5.15. The molecule has 0 aromatic rings. The van der Waals surface area contributed by atoms with Gasteiger partial charge in [0, 0.05) is 30.9 Å². The molecule has 2 atom stereocenters. The maximum Gasteiger partial charge on any atom is 0.321 e. The van der Waals surface area contributed by atoms with Crippen LogP contribution in [0.5, 0.6) is 0 Å². The molecule has 0 spiro atoms. The molecule has 0 amide bonds. The standard InChI is InChI=1S/C11H22N4O2/c1-7(2)10(4-12)15-9(11(16)17)3-8-5-13-6-14-8/h5,7,9-10,13-15H,3-4,6,12H2,1-2H3,(H,16,17)/t9-,10?/m0/s1. The summed E-state index contributed by atoms with van der Waals surface area (Å²) in [5.74, 6) is -0.538. The second kappa shape index (κ2) is 6.46. The Hall–Kier alpha value is -1.27. The predicted molar refractivity (Wildman–Crippen MR) is 66.1 cm³/mol. The Bertz CT molecular complexity index is 291. The Kier molecular flexibility index (Phi) is 5.24. The quantitative estimate of drug-likeness (QED) is 0.408. The van der Waals surface area contributed by atoms with Crippen LogP contribution in [0.1, 0.15) is 20.3 Å². The first-order valence-corrected chi connectivity index (χ1v) is 5.89. The molecule has 0 radical (unpaired) electrons. The molecule has 1 rings (SSSR count). The van der Waals surface area contributed by atoms with Gasteiger partial charge in [-0.25, -0.2) is 0 Å². The van der Waals surface area contributed by atoms with Crippen molar-refractivity contribution in [1.82, 2.24) is 16.0 Å². The van der Waals surface area contributed by atoms with Gasteiger partial charge < -0.3 is 21.5 Å². The fourth-order valence-electron chi connectivity index (χ4n) is 1.75. The summed E-state index contributed by atoms with van der Waals surface area (Å²) >= 11 is 0. The van der Waals surface area contributed by atoms with Crippen molar-refractivity contribution >= 4 is 5.97 Å². The molecule has 98 valence electrons. The third-order valence-corrected chi connectivity index (χ3v) is 2.89. The van der Waals surface area contributed by atoms with Gasteiger partial charge in [-0.05, 0) is 5.92 Å². The van der Waals surface area contributed by atoms with Crippen LogP contribution >= 0.6 is 0 Å². The van der Waals surface area contributed by atoms with Crippen LogP contribution in [0.3, 0.4) is 0 Å². The average molecular weight is 242 g/mol. The van der Waals surface area contributed by atoms with Gasteiger partial charge >= 0.3 is 5.97 Å². The van der Waals surface area contributed by atoms with Crippen molar-refractivity contribution in [3.05, 3.63) is 11.9 Å². The molecule has 0 aromatic carbocycles. The van der Waals surface area contributed by atoms with E-state index in [0.717, 1.165) is 5.70 Å².